The van der Waals surface area contributed by atoms with Crippen molar-refractivity contribution in [1.29, 1.82) is 0 Å². The first-order valence-electron chi connectivity index (χ1n) is 7.89. The molecule has 0 aliphatic carbocycles. The molecule has 0 spiro atoms. The zero-order valence-electron chi connectivity index (χ0n) is 14.9. The Morgan fingerprint density at radius 2 is 1.69 bits per heavy atom. The van der Waals surface area contributed by atoms with E-state index in [2.05, 4.69) is 0 Å². The van der Waals surface area contributed by atoms with Crippen LogP contribution in [0.3, 0.4) is 0 Å². The summed E-state index contributed by atoms with van der Waals surface area (Å²) < 4.78 is 10.1. The van der Waals surface area contributed by atoms with Crippen molar-refractivity contribution in [3.8, 4) is 5.75 Å². The third kappa shape index (κ3) is 4.05. The van der Waals surface area contributed by atoms with Crippen molar-refractivity contribution in [2.24, 2.45) is 0 Å². The van der Waals surface area contributed by atoms with Crippen LogP contribution >= 0.6 is 0 Å². The van der Waals surface area contributed by atoms with Crippen molar-refractivity contribution in [3.63, 3.8) is 0 Å². The van der Waals surface area contributed by atoms with E-state index in [9.17, 15) is 19.7 Å². The average Bonchev–Trinajstić information content (AvgIpc) is 2.62. The number of ketones is 1. The number of Topliss-reactive ketones (excluding diaryl/α,β-unsaturated/α-hetero) is 1. The summed E-state index contributed by atoms with van der Waals surface area (Å²) in [5.74, 6) is -1.13. The largest absolute Gasteiger partial charge is 0.490 e. The number of nitrogens with zero attached hydrogens (tertiary/aromatic N) is 1. The Kier molecular flexibility index (Phi) is 5.71. The topological polar surface area (TPSA) is 95.7 Å². The molecule has 0 fully saturated rings. The molecule has 0 N–H and O–H groups in total. The Morgan fingerprint density at radius 3 is 2.27 bits per heavy atom. The van der Waals surface area contributed by atoms with E-state index in [4.69, 9.17) is 9.47 Å². The number of hydrogen-bond acceptors (Lipinski definition) is 6. The molecule has 0 aliphatic rings. The van der Waals surface area contributed by atoms with E-state index in [1.165, 1.54) is 26.2 Å². The first-order chi connectivity index (χ1) is 12.2. The normalized spacial score (nSPS) is 11.5. The highest BCUT2D eigenvalue weighted by Gasteiger charge is 2.23. The minimum Gasteiger partial charge on any atom is -0.490 e. The molecule has 0 saturated carbocycles. The molecule has 0 aliphatic heterocycles. The van der Waals surface area contributed by atoms with Crippen LogP contribution in [-0.4, -0.2) is 29.9 Å². The summed E-state index contributed by atoms with van der Waals surface area (Å²) in [5, 5.41) is 11.0. The zero-order chi connectivity index (χ0) is 19.4. The monoisotopic (exact) mass is 357 g/mol. The fourth-order valence-corrected chi connectivity index (χ4v) is 2.37. The van der Waals surface area contributed by atoms with E-state index in [1.54, 1.807) is 12.1 Å². The van der Waals surface area contributed by atoms with Crippen LogP contribution in [0.15, 0.2) is 36.4 Å². The standard InChI is InChI=1S/C19H19NO6/c1-11-5-6-14(9-12(11)2)18(21)13(3)26-19(22)15-7-8-17(25-4)16(10-15)20(23)24/h5-10,13H,1-4H3/t13-/m1/s1. The first-order valence-corrected chi connectivity index (χ1v) is 7.89. The van der Waals surface area contributed by atoms with E-state index in [-0.39, 0.29) is 22.8 Å². The smallest absolute Gasteiger partial charge is 0.339 e. The number of nitro benzene ring substituents is 1. The first kappa shape index (κ1) is 19.1. The number of carbonyl (C=O) groups is 2. The van der Waals surface area contributed by atoms with Gasteiger partial charge in [-0.15, -0.1) is 0 Å². The quantitative estimate of drug-likeness (QED) is 0.339. The van der Waals surface area contributed by atoms with Gasteiger partial charge in [-0.2, -0.15) is 0 Å². The molecule has 0 amide bonds. The number of rotatable bonds is 6. The number of hydrogen-bond donors (Lipinski definition) is 0. The molecule has 2 aromatic carbocycles. The van der Waals surface area contributed by atoms with Crippen LogP contribution in [0.5, 0.6) is 5.75 Å². The van der Waals surface area contributed by atoms with Crippen molar-refractivity contribution in [2.45, 2.75) is 26.9 Å². The van der Waals surface area contributed by atoms with Gasteiger partial charge >= 0.3 is 11.7 Å². The van der Waals surface area contributed by atoms with Crippen LogP contribution in [-0.2, 0) is 4.74 Å². The van der Waals surface area contributed by atoms with Crippen LogP contribution in [0.25, 0.3) is 0 Å². The highest BCUT2D eigenvalue weighted by atomic mass is 16.6. The molecule has 0 aromatic heterocycles. The molecule has 0 heterocycles. The number of carbonyl (C=O) groups excluding carboxylic acids is 2. The predicted octanol–water partition coefficient (Wildman–Crippen LogP) is 3.65. The van der Waals surface area contributed by atoms with Crippen molar-refractivity contribution in [3.05, 3.63) is 68.8 Å². The highest BCUT2D eigenvalue weighted by molar-refractivity contribution is 6.01. The van der Waals surface area contributed by atoms with Gasteiger partial charge in [0.2, 0.25) is 5.78 Å². The minimum atomic E-state index is -1.02. The van der Waals surface area contributed by atoms with E-state index >= 15 is 0 Å². The molecular weight excluding hydrogens is 338 g/mol. The summed E-state index contributed by atoms with van der Waals surface area (Å²) in [4.78, 5) is 35.1. The number of esters is 1. The van der Waals surface area contributed by atoms with Gasteiger partial charge in [0, 0.05) is 11.6 Å². The summed E-state index contributed by atoms with van der Waals surface area (Å²) >= 11 is 0. The van der Waals surface area contributed by atoms with Crippen LogP contribution in [0.4, 0.5) is 5.69 Å². The summed E-state index contributed by atoms with van der Waals surface area (Å²) in [6.45, 7) is 5.29. The maximum atomic E-state index is 12.4. The molecule has 0 radical (unpaired) electrons. The molecule has 7 heteroatoms. The van der Waals surface area contributed by atoms with E-state index in [1.807, 2.05) is 19.9 Å². The fraction of sp³-hybridized carbons (Fsp3) is 0.263. The van der Waals surface area contributed by atoms with Crippen molar-refractivity contribution in [1.82, 2.24) is 0 Å². The molecule has 136 valence electrons. The van der Waals surface area contributed by atoms with Crippen LogP contribution < -0.4 is 4.74 Å². The Bertz CT molecular complexity index is 874. The van der Waals surface area contributed by atoms with Crippen molar-refractivity contribution >= 4 is 17.4 Å². The second-order valence-electron chi connectivity index (χ2n) is 5.85. The van der Waals surface area contributed by atoms with Crippen molar-refractivity contribution in [2.75, 3.05) is 7.11 Å². The Labute approximate surface area is 150 Å². The van der Waals surface area contributed by atoms with Gasteiger partial charge in [-0.25, -0.2) is 4.79 Å². The van der Waals surface area contributed by atoms with Crippen LogP contribution in [0, 0.1) is 24.0 Å². The van der Waals surface area contributed by atoms with Gasteiger partial charge in [0.1, 0.15) is 0 Å². The van der Waals surface area contributed by atoms with Crippen LogP contribution in [0.1, 0.15) is 38.8 Å². The number of ether oxygens (including phenoxy) is 2. The number of methoxy groups -OCH3 is 1. The molecule has 2 aromatic rings. The lowest BCUT2D eigenvalue weighted by Crippen LogP contribution is -2.24. The van der Waals surface area contributed by atoms with Gasteiger partial charge < -0.3 is 9.47 Å². The molecule has 0 unspecified atom stereocenters. The highest BCUT2D eigenvalue weighted by Crippen LogP contribution is 2.28. The van der Waals surface area contributed by atoms with Gasteiger partial charge in [-0.1, -0.05) is 12.1 Å². The maximum absolute atomic E-state index is 12.4. The molecule has 2 rings (SSSR count). The summed E-state index contributed by atoms with van der Waals surface area (Å²) in [5.41, 5.74) is 2.07. The second-order valence-corrected chi connectivity index (χ2v) is 5.85. The SMILES string of the molecule is COc1ccc(C(=O)O[C@H](C)C(=O)c2ccc(C)c(C)c2)cc1[N+](=O)[O-]. The average molecular weight is 357 g/mol. The summed E-state index contributed by atoms with van der Waals surface area (Å²) in [6.07, 6.45) is -1.02. The van der Waals surface area contributed by atoms with E-state index in [0.29, 0.717) is 5.56 Å². The summed E-state index contributed by atoms with van der Waals surface area (Å²) in [6, 6.07) is 8.96. The minimum absolute atomic E-state index is 0.0303. The van der Waals surface area contributed by atoms with Gasteiger partial charge in [-0.3, -0.25) is 14.9 Å². The van der Waals surface area contributed by atoms with Crippen molar-refractivity contribution < 1.29 is 24.0 Å². The molecule has 0 saturated heterocycles. The number of aryl methyl sites for hydroxylation is 2. The Hall–Kier alpha value is -3.22. The lowest BCUT2D eigenvalue weighted by Gasteiger charge is -2.13. The van der Waals surface area contributed by atoms with Gasteiger partial charge in [0.25, 0.3) is 0 Å². The lowest BCUT2D eigenvalue weighted by atomic mass is 10.0. The van der Waals surface area contributed by atoms with Gasteiger partial charge in [-0.05, 0) is 50.1 Å². The third-order valence-electron chi connectivity index (χ3n) is 4.06. The maximum Gasteiger partial charge on any atom is 0.339 e. The zero-order valence-corrected chi connectivity index (χ0v) is 14.9. The lowest BCUT2D eigenvalue weighted by molar-refractivity contribution is -0.385. The Balaban J connectivity index is 2.18. The Morgan fingerprint density at radius 1 is 1.04 bits per heavy atom. The number of benzene rings is 2. The van der Waals surface area contributed by atoms with E-state index < -0.39 is 17.0 Å². The van der Waals surface area contributed by atoms with E-state index in [0.717, 1.165) is 17.2 Å². The predicted molar refractivity (Wildman–Crippen MR) is 94.8 cm³/mol. The molecule has 1 atom stereocenters. The molecular formula is C19H19NO6. The summed E-state index contributed by atoms with van der Waals surface area (Å²) in [7, 11) is 1.30. The fourth-order valence-electron chi connectivity index (χ4n) is 2.37. The van der Waals surface area contributed by atoms with Gasteiger partial charge in [0.05, 0.1) is 17.6 Å². The number of nitro groups is 1. The van der Waals surface area contributed by atoms with Gasteiger partial charge in [0.15, 0.2) is 11.9 Å². The third-order valence-corrected chi connectivity index (χ3v) is 4.06. The van der Waals surface area contributed by atoms with Crippen LogP contribution in [0.2, 0.25) is 0 Å². The molecule has 0 bridgehead atoms. The molecule has 7 nitrogen and oxygen atoms in total. The molecule has 26 heavy (non-hydrogen) atoms. The second kappa shape index (κ2) is 7.77.